The lowest BCUT2D eigenvalue weighted by atomic mass is 10.1. The van der Waals surface area contributed by atoms with Crippen LogP contribution in [0, 0.1) is 0 Å². The highest BCUT2D eigenvalue weighted by Crippen LogP contribution is 2.31. The molecule has 146 valence electrons. The first-order chi connectivity index (χ1) is 12.9. The summed E-state index contributed by atoms with van der Waals surface area (Å²) in [6.07, 6.45) is 1.70. The molecule has 0 saturated carbocycles. The fraction of sp³-hybridized carbons (Fsp3) is 0.421. The van der Waals surface area contributed by atoms with Gasteiger partial charge in [0, 0.05) is 30.6 Å². The predicted octanol–water partition coefficient (Wildman–Crippen LogP) is 3.37. The van der Waals surface area contributed by atoms with E-state index in [1.165, 1.54) is 17.5 Å². The van der Waals surface area contributed by atoms with Crippen molar-refractivity contribution in [2.45, 2.75) is 30.7 Å². The number of hydrogen-bond donors (Lipinski definition) is 0. The number of sulfonamides is 1. The number of carbonyl (C=O) groups is 1. The zero-order valence-electron chi connectivity index (χ0n) is 15.7. The number of nitrogens with zero attached hydrogens (tertiary/aromatic N) is 2. The summed E-state index contributed by atoms with van der Waals surface area (Å²) >= 11 is 1.59. The summed E-state index contributed by atoms with van der Waals surface area (Å²) in [6.45, 7) is 2.95. The van der Waals surface area contributed by atoms with E-state index in [-0.39, 0.29) is 22.6 Å². The monoisotopic (exact) mass is 408 g/mol. The number of hydrogen-bond acceptors (Lipinski definition) is 5. The average Bonchev–Trinajstić information content (AvgIpc) is 3.39. The molecule has 1 aromatic heterocycles. The van der Waals surface area contributed by atoms with E-state index in [0.29, 0.717) is 18.7 Å². The van der Waals surface area contributed by atoms with Crippen molar-refractivity contribution >= 4 is 27.3 Å². The zero-order valence-corrected chi connectivity index (χ0v) is 17.3. The molecule has 2 heterocycles. The van der Waals surface area contributed by atoms with Crippen LogP contribution in [0.1, 0.15) is 41.0 Å². The lowest BCUT2D eigenvalue weighted by molar-refractivity contribution is 0.0744. The Morgan fingerprint density at radius 1 is 1.26 bits per heavy atom. The normalized spacial score (nSPS) is 16.3. The molecule has 2 aromatic rings. The van der Waals surface area contributed by atoms with Crippen molar-refractivity contribution in [3.05, 3.63) is 46.2 Å². The molecule has 1 atom stereocenters. The molecular weight excluding hydrogens is 384 g/mol. The van der Waals surface area contributed by atoms with Gasteiger partial charge >= 0.3 is 0 Å². The van der Waals surface area contributed by atoms with Crippen LogP contribution in [0.4, 0.5) is 0 Å². The zero-order chi connectivity index (χ0) is 19.6. The van der Waals surface area contributed by atoms with Crippen LogP contribution in [-0.2, 0) is 10.0 Å². The van der Waals surface area contributed by atoms with Crippen molar-refractivity contribution in [2.24, 2.45) is 0 Å². The summed E-state index contributed by atoms with van der Waals surface area (Å²) in [5.41, 5.74) is 0.333. The minimum absolute atomic E-state index is 0.0509. The van der Waals surface area contributed by atoms with Gasteiger partial charge in [-0.05, 0) is 49.4 Å². The summed E-state index contributed by atoms with van der Waals surface area (Å²) in [5, 5.41) is 1.97. The fourth-order valence-electron chi connectivity index (χ4n) is 3.18. The van der Waals surface area contributed by atoms with Gasteiger partial charge in [0.1, 0.15) is 10.6 Å². The summed E-state index contributed by atoms with van der Waals surface area (Å²) in [6, 6.07) is 8.44. The van der Waals surface area contributed by atoms with Crippen molar-refractivity contribution in [3.63, 3.8) is 0 Å². The number of ether oxygens (including phenoxy) is 1. The van der Waals surface area contributed by atoms with E-state index in [2.05, 4.69) is 0 Å². The number of rotatable bonds is 6. The largest absolute Gasteiger partial charge is 0.495 e. The second kappa shape index (κ2) is 8.00. The van der Waals surface area contributed by atoms with Crippen LogP contribution in [0.2, 0.25) is 0 Å². The van der Waals surface area contributed by atoms with Gasteiger partial charge in [-0.1, -0.05) is 6.07 Å². The van der Waals surface area contributed by atoms with E-state index in [1.807, 2.05) is 24.4 Å². The van der Waals surface area contributed by atoms with Gasteiger partial charge < -0.3 is 9.64 Å². The summed E-state index contributed by atoms with van der Waals surface area (Å²) in [5.74, 6) is 0.0313. The number of amides is 1. The topological polar surface area (TPSA) is 66.9 Å². The molecule has 0 radical (unpaired) electrons. The van der Waals surface area contributed by atoms with Crippen LogP contribution in [0.25, 0.3) is 0 Å². The Morgan fingerprint density at radius 3 is 2.56 bits per heavy atom. The van der Waals surface area contributed by atoms with E-state index < -0.39 is 10.0 Å². The van der Waals surface area contributed by atoms with Crippen molar-refractivity contribution < 1.29 is 17.9 Å². The van der Waals surface area contributed by atoms with Gasteiger partial charge in [0.25, 0.3) is 5.91 Å². The van der Waals surface area contributed by atoms with Crippen molar-refractivity contribution in [1.29, 1.82) is 0 Å². The molecule has 0 bridgehead atoms. The number of methoxy groups -OCH3 is 1. The molecule has 0 N–H and O–H groups in total. The van der Waals surface area contributed by atoms with E-state index in [1.54, 1.807) is 35.4 Å². The Hall–Kier alpha value is -1.90. The predicted molar refractivity (Wildman–Crippen MR) is 106 cm³/mol. The minimum atomic E-state index is -3.69. The van der Waals surface area contributed by atoms with Gasteiger partial charge in [0.05, 0.1) is 13.2 Å². The van der Waals surface area contributed by atoms with Crippen LogP contribution in [0.3, 0.4) is 0 Å². The molecule has 1 aliphatic rings. The quantitative estimate of drug-likeness (QED) is 0.735. The highest BCUT2D eigenvalue weighted by atomic mass is 32.2. The maximum atomic E-state index is 13.0. The number of thiophene rings is 1. The summed E-state index contributed by atoms with van der Waals surface area (Å²) in [4.78, 5) is 15.7. The van der Waals surface area contributed by atoms with E-state index >= 15 is 0 Å². The van der Waals surface area contributed by atoms with Crippen LogP contribution in [-0.4, -0.2) is 50.8 Å². The first-order valence-corrected chi connectivity index (χ1v) is 11.2. The molecule has 1 saturated heterocycles. The molecular formula is C19H24N2O4S2. The Balaban J connectivity index is 1.94. The SMILES string of the molecule is COc1ccc(C(=O)N(C)C(C)c2cccs2)cc1S(=O)(=O)N1CCCC1. The molecule has 1 unspecified atom stereocenters. The molecule has 1 amide bonds. The highest BCUT2D eigenvalue weighted by Gasteiger charge is 2.31. The maximum Gasteiger partial charge on any atom is 0.254 e. The lowest BCUT2D eigenvalue weighted by Crippen LogP contribution is -2.30. The third kappa shape index (κ3) is 3.88. The standard InChI is InChI=1S/C19H24N2O4S2/c1-14(17-7-6-12-26-17)20(2)19(22)15-8-9-16(25-3)18(13-15)27(23,24)21-10-4-5-11-21/h6-9,12-14H,4-5,10-11H2,1-3H3. The maximum absolute atomic E-state index is 13.0. The van der Waals surface area contributed by atoms with Crippen LogP contribution in [0.15, 0.2) is 40.6 Å². The summed E-state index contributed by atoms with van der Waals surface area (Å²) < 4.78 is 32.7. The summed E-state index contributed by atoms with van der Waals surface area (Å²) in [7, 11) is -0.524. The average molecular weight is 409 g/mol. The molecule has 1 fully saturated rings. The third-order valence-electron chi connectivity index (χ3n) is 4.95. The number of carbonyl (C=O) groups excluding carboxylic acids is 1. The highest BCUT2D eigenvalue weighted by molar-refractivity contribution is 7.89. The van der Waals surface area contributed by atoms with E-state index in [4.69, 9.17) is 4.74 Å². The van der Waals surface area contributed by atoms with E-state index in [0.717, 1.165) is 17.7 Å². The number of benzene rings is 1. The molecule has 0 spiro atoms. The van der Waals surface area contributed by atoms with Crippen LogP contribution in [0.5, 0.6) is 5.75 Å². The Labute approximate surface area is 164 Å². The molecule has 27 heavy (non-hydrogen) atoms. The van der Waals surface area contributed by atoms with Crippen molar-refractivity contribution in [2.75, 3.05) is 27.2 Å². The second-order valence-corrected chi connectivity index (χ2v) is 9.47. The Bertz CT molecular complexity index is 904. The van der Waals surface area contributed by atoms with Gasteiger partial charge in [-0.2, -0.15) is 4.31 Å². The second-order valence-electron chi connectivity index (χ2n) is 6.58. The smallest absolute Gasteiger partial charge is 0.254 e. The fourth-order valence-corrected chi connectivity index (χ4v) is 5.70. The van der Waals surface area contributed by atoms with Gasteiger partial charge in [-0.3, -0.25) is 4.79 Å². The van der Waals surface area contributed by atoms with Gasteiger partial charge in [0.2, 0.25) is 10.0 Å². The minimum Gasteiger partial charge on any atom is -0.495 e. The van der Waals surface area contributed by atoms with E-state index in [9.17, 15) is 13.2 Å². The Kier molecular flexibility index (Phi) is 5.88. The van der Waals surface area contributed by atoms with Crippen LogP contribution < -0.4 is 4.74 Å². The van der Waals surface area contributed by atoms with Gasteiger partial charge in [-0.25, -0.2) is 8.42 Å². The first-order valence-electron chi connectivity index (χ1n) is 8.85. The van der Waals surface area contributed by atoms with Gasteiger partial charge in [0.15, 0.2) is 0 Å². The molecule has 3 rings (SSSR count). The first kappa shape index (κ1) is 19.9. The molecule has 1 aliphatic heterocycles. The van der Waals surface area contributed by atoms with Crippen LogP contribution >= 0.6 is 11.3 Å². The lowest BCUT2D eigenvalue weighted by Gasteiger charge is -2.25. The van der Waals surface area contributed by atoms with Crippen molar-refractivity contribution in [1.82, 2.24) is 9.21 Å². The third-order valence-corrected chi connectivity index (χ3v) is 7.91. The van der Waals surface area contributed by atoms with Crippen molar-refractivity contribution in [3.8, 4) is 5.75 Å². The van der Waals surface area contributed by atoms with Gasteiger partial charge in [-0.15, -0.1) is 11.3 Å². The molecule has 1 aromatic carbocycles. The molecule has 8 heteroatoms. The Morgan fingerprint density at radius 2 is 1.96 bits per heavy atom. The molecule has 6 nitrogen and oxygen atoms in total. The molecule has 0 aliphatic carbocycles.